The van der Waals surface area contributed by atoms with Crippen LogP contribution < -0.4 is 9.83 Å². The van der Waals surface area contributed by atoms with Gasteiger partial charge in [0.2, 0.25) is 0 Å². The van der Waals surface area contributed by atoms with Gasteiger partial charge in [-0.05, 0) is 29.8 Å². The fraction of sp³-hybridized carbons (Fsp3) is 0. The molecule has 0 heterocycles. The van der Waals surface area contributed by atoms with Crippen LogP contribution in [0.25, 0.3) is 0 Å². The van der Waals surface area contributed by atoms with E-state index >= 15 is 0 Å². The van der Waals surface area contributed by atoms with Crippen LogP contribution in [0.1, 0.15) is 10.4 Å². The number of hydrogen-bond acceptors (Lipinski definition) is 4. The summed E-state index contributed by atoms with van der Waals surface area (Å²) >= 11 is 0. The van der Waals surface area contributed by atoms with Gasteiger partial charge in [-0.2, -0.15) is 0 Å². The second kappa shape index (κ2) is 7.48. The Morgan fingerprint density at radius 1 is 1.10 bits per heavy atom. The number of carbonyl (C=O) groups is 1. The van der Waals surface area contributed by atoms with E-state index in [4.69, 9.17) is 0 Å². The standard InChI is InChI=1S/C13H10FNO4S.K/c14-11-6-1-2-7-12(11)15-20(18,19)10-5-3-4-9(8-10)13(16)17;/h1-8,15H,(H,16,17);/p-1. The number of anilines is 1. The fourth-order valence-electron chi connectivity index (χ4n) is 1.54. The van der Waals surface area contributed by atoms with Crippen molar-refractivity contribution >= 4 is 73.1 Å². The van der Waals surface area contributed by atoms with Crippen LogP contribution in [0.15, 0.2) is 53.4 Å². The number of carboxylic acid groups (broad SMARTS) is 1. The van der Waals surface area contributed by atoms with Gasteiger partial charge in [-0.1, -0.05) is 24.3 Å². The SMILES string of the molecule is O=C([O-])c1cccc(S(=O)(=O)Nc2ccccc2F)c1.[K]. The van der Waals surface area contributed by atoms with Crippen LogP contribution in [0.2, 0.25) is 0 Å². The number of benzene rings is 2. The van der Waals surface area contributed by atoms with Crippen molar-refractivity contribution in [3.8, 4) is 0 Å². The van der Waals surface area contributed by atoms with Crippen LogP contribution in [0.4, 0.5) is 10.1 Å². The molecule has 0 aromatic heterocycles. The van der Waals surface area contributed by atoms with Crippen molar-refractivity contribution in [3.63, 3.8) is 0 Å². The first kappa shape index (κ1) is 18.3. The van der Waals surface area contributed by atoms with E-state index in [0.29, 0.717) is 0 Å². The maximum absolute atomic E-state index is 13.4. The number of hydrogen-bond donors (Lipinski definition) is 1. The first-order valence-electron chi connectivity index (χ1n) is 5.49. The molecule has 0 spiro atoms. The molecule has 0 saturated heterocycles. The largest absolute Gasteiger partial charge is 0.545 e. The van der Waals surface area contributed by atoms with Gasteiger partial charge in [-0.15, -0.1) is 0 Å². The molecule has 2 rings (SSSR count). The van der Waals surface area contributed by atoms with E-state index in [1.54, 1.807) is 0 Å². The van der Waals surface area contributed by atoms with E-state index < -0.39 is 21.8 Å². The summed E-state index contributed by atoms with van der Waals surface area (Å²) in [6, 6.07) is 9.87. The Hall–Kier alpha value is -0.774. The third-order valence-electron chi connectivity index (χ3n) is 2.50. The number of aromatic carboxylic acids is 1. The van der Waals surface area contributed by atoms with Gasteiger partial charge >= 0.3 is 0 Å². The van der Waals surface area contributed by atoms with Gasteiger partial charge < -0.3 is 9.90 Å². The number of para-hydroxylation sites is 1. The summed E-state index contributed by atoms with van der Waals surface area (Å²) in [6.45, 7) is 0. The fourth-order valence-corrected chi connectivity index (χ4v) is 2.65. The molecule has 21 heavy (non-hydrogen) atoms. The summed E-state index contributed by atoms with van der Waals surface area (Å²) < 4.78 is 39.5. The van der Waals surface area contributed by atoms with Gasteiger partial charge in [0, 0.05) is 51.4 Å². The van der Waals surface area contributed by atoms with E-state index in [2.05, 4.69) is 4.72 Å². The van der Waals surface area contributed by atoms with Gasteiger partial charge in [0.25, 0.3) is 10.0 Å². The Morgan fingerprint density at radius 3 is 2.38 bits per heavy atom. The summed E-state index contributed by atoms with van der Waals surface area (Å²) in [7, 11) is -4.07. The zero-order chi connectivity index (χ0) is 14.8. The van der Waals surface area contributed by atoms with E-state index in [1.165, 1.54) is 36.4 Å². The molecule has 0 bridgehead atoms. The number of rotatable bonds is 4. The normalized spacial score (nSPS) is 10.5. The van der Waals surface area contributed by atoms with Crippen LogP contribution in [0.3, 0.4) is 0 Å². The van der Waals surface area contributed by atoms with Crippen molar-refractivity contribution in [2.75, 3.05) is 4.72 Å². The summed E-state index contributed by atoms with van der Waals surface area (Å²) in [4.78, 5) is 10.4. The predicted octanol–water partition coefficient (Wildman–Crippen LogP) is 0.609. The zero-order valence-corrected chi connectivity index (χ0v) is 15.0. The topological polar surface area (TPSA) is 86.3 Å². The van der Waals surface area contributed by atoms with Gasteiger partial charge in [-0.3, -0.25) is 4.72 Å². The van der Waals surface area contributed by atoms with E-state index in [-0.39, 0.29) is 67.5 Å². The van der Waals surface area contributed by atoms with Crippen LogP contribution in [-0.4, -0.2) is 65.8 Å². The third kappa shape index (κ3) is 4.60. The number of carbonyl (C=O) groups excluding carboxylic acids is 1. The number of sulfonamides is 1. The Kier molecular flexibility index (Phi) is 6.51. The Bertz CT molecular complexity index is 764. The first-order chi connectivity index (χ1) is 9.40. The van der Waals surface area contributed by atoms with Gasteiger partial charge in [0.15, 0.2) is 0 Å². The molecule has 0 aliphatic rings. The maximum atomic E-state index is 13.4. The average Bonchev–Trinajstić information content (AvgIpc) is 2.41. The summed E-state index contributed by atoms with van der Waals surface area (Å²) in [5.41, 5.74) is -0.493. The van der Waals surface area contributed by atoms with Crippen molar-refractivity contribution in [2.45, 2.75) is 4.90 Å². The van der Waals surface area contributed by atoms with Gasteiger partial charge in [0.1, 0.15) is 5.82 Å². The van der Waals surface area contributed by atoms with Crippen molar-refractivity contribution in [3.05, 3.63) is 59.9 Å². The maximum Gasteiger partial charge on any atom is 0.262 e. The number of nitrogens with one attached hydrogen (secondary N) is 1. The number of halogens is 1. The molecule has 1 radical (unpaired) electrons. The second-order valence-electron chi connectivity index (χ2n) is 3.90. The molecule has 0 saturated carbocycles. The molecule has 1 N–H and O–H groups in total. The molecule has 105 valence electrons. The quantitative estimate of drug-likeness (QED) is 0.831. The van der Waals surface area contributed by atoms with Crippen LogP contribution >= 0.6 is 0 Å². The Morgan fingerprint density at radius 2 is 1.76 bits per heavy atom. The van der Waals surface area contributed by atoms with E-state index in [9.17, 15) is 22.7 Å². The van der Waals surface area contributed by atoms with E-state index in [1.807, 2.05) is 0 Å². The van der Waals surface area contributed by atoms with Crippen LogP contribution in [-0.2, 0) is 10.0 Å². The van der Waals surface area contributed by atoms with Gasteiger partial charge in [-0.25, -0.2) is 12.8 Å². The Balaban J connectivity index is 0.00000220. The first-order valence-corrected chi connectivity index (χ1v) is 6.97. The van der Waals surface area contributed by atoms with Crippen molar-refractivity contribution in [1.82, 2.24) is 0 Å². The molecule has 2 aromatic carbocycles. The van der Waals surface area contributed by atoms with Crippen LogP contribution in [0, 0.1) is 5.82 Å². The minimum atomic E-state index is -4.07. The molecular weight excluding hydrogens is 324 g/mol. The molecule has 0 amide bonds. The summed E-state index contributed by atoms with van der Waals surface area (Å²) in [5.74, 6) is -2.22. The molecule has 0 aliphatic carbocycles. The molecule has 0 fully saturated rings. The minimum Gasteiger partial charge on any atom is -0.545 e. The second-order valence-corrected chi connectivity index (χ2v) is 5.58. The molecule has 8 heteroatoms. The third-order valence-corrected chi connectivity index (χ3v) is 3.86. The zero-order valence-electron chi connectivity index (χ0n) is 11.0. The van der Waals surface area contributed by atoms with Crippen molar-refractivity contribution in [1.29, 1.82) is 0 Å². The van der Waals surface area contributed by atoms with Crippen molar-refractivity contribution < 1.29 is 22.7 Å². The molecule has 0 aliphatic heterocycles. The monoisotopic (exact) mass is 333 g/mol. The smallest absolute Gasteiger partial charge is 0.262 e. The predicted molar refractivity (Wildman–Crippen MR) is 73.7 cm³/mol. The molecule has 2 aromatic rings. The minimum absolute atomic E-state index is 0. The van der Waals surface area contributed by atoms with Crippen molar-refractivity contribution in [2.24, 2.45) is 0 Å². The number of carboxylic acids is 1. The molecule has 0 atom stereocenters. The average molecular weight is 333 g/mol. The molecular formula is C13H9FKNO4S-. The van der Waals surface area contributed by atoms with Gasteiger partial charge in [0.05, 0.1) is 16.6 Å². The Labute approximate surface area is 163 Å². The summed E-state index contributed by atoms with van der Waals surface area (Å²) in [6.07, 6.45) is 0. The summed E-state index contributed by atoms with van der Waals surface area (Å²) in [5, 5.41) is 10.7. The molecule has 0 unspecified atom stereocenters. The van der Waals surface area contributed by atoms with Crippen LogP contribution in [0.5, 0.6) is 0 Å². The van der Waals surface area contributed by atoms with E-state index in [0.717, 1.165) is 12.1 Å². The molecule has 5 nitrogen and oxygen atoms in total.